The summed E-state index contributed by atoms with van der Waals surface area (Å²) in [6.07, 6.45) is 2.43. The average molecular weight is 394 g/mol. The lowest BCUT2D eigenvalue weighted by Gasteiger charge is -2.41. The van der Waals surface area contributed by atoms with Gasteiger partial charge in [-0.2, -0.15) is 0 Å². The number of ether oxygens (including phenoxy) is 1. The lowest BCUT2D eigenvalue weighted by molar-refractivity contribution is -0.128. The van der Waals surface area contributed by atoms with E-state index in [0.29, 0.717) is 13.0 Å². The van der Waals surface area contributed by atoms with Crippen molar-refractivity contribution in [2.75, 3.05) is 13.2 Å². The van der Waals surface area contributed by atoms with Gasteiger partial charge in [-0.1, -0.05) is 32.9 Å². The van der Waals surface area contributed by atoms with E-state index in [1.807, 2.05) is 19.1 Å². The number of rotatable bonds is 4. The second-order valence-electron chi connectivity index (χ2n) is 8.72. The highest BCUT2D eigenvalue weighted by Gasteiger charge is 2.46. The molecule has 1 aliphatic heterocycles. The van der Waals surface area contributed by atoms with Crippen LogP contribution in [0.1, 0.15) is 52.5 Å². The molecule has 4 unspecified atom stereocenters. The Hall–Kier alpha value is -1.24. The summed E-state index contributed by atoms with van der Waals surface area (Å²) in [5.41, 5.74) is 1.02. The van der Waals surface area contributed by atoms with Crippen LogP contribution in [0, 0.1) is 5.92 Å². The highest BCUT2D eigenvalue weighted by molar-refractivity contribution is 7.92. The van der Waals surface area contributed by atoms with E-state index < -0.39 is 15.1 Å². The molecule has 0 amide bonds. The number of carbonyl (C=O) groups is 1. The number of hydrogen-bond acceptors (Lipinski definition) is 5. The van der Waals surface area contributed by atoms with E-state index >= 15 is 0 Å². The number of Topliss-reactive ketones (excluding diaryl/α,β-unsaturated/α-hetero) is 1. The molecule has 1 saturated carbocycles. The fourth-order valence-electron chi connectivity index (χ4n) is 4.25. The smallest absolute Gasteiger partial charge is 0.189 e. The number of sulfone groups is 1. The van der Waals surface area contributed by atoms with Gasteiger partial charge in [-0.05, 0) is 49.3 Å². The van der Waals surface area contributed by atoms with Crippen LogP contribution in [-0.2, 0) is 24.8 Å². The molecule has 27 heavy (non-hydrogen) atoms. The molecule has 1 N–H and O–H groups in total. The van der Waals surface area contributed by atoms with E-state index in [1.54, 1.807) is 12.1 Å². The van der Waals surface area contributed by atoms with Crippen molar-refractivity contribution in [3.8, 4) is 0 Å². The van der Waals surface area contributed by atoms with Gasteiger partial charge < -0.3 is 10.1 Å². The molecule has 0 bridgehead atoms. The van der Waals surface area contributed by atoms with Crippen molar-refractivity contribution in [1.29, 1.82) is 0 Å². The van der Waals surface area contributed by atoms with Gasteiger partial charge >= 0.3 is 0 Å². The molecule has 3 rings (SSSR count). The van der Waals surface area contributed by atoms with Gasteiger partial charge in [0.05, 0.1) is 11.0 Å². The van der Waals surface area contributed by atoms with E-state index in [4.69, 9.17) is 4.74 Å². The fourth-order valence-corrected chi connectivity index (χ4v) is 5.89. The van der Waals surface area contributed by atoms with Crippen molar-refractivity contribution in [2.45, 2.75) is 74.7 Å². The zero-order chi connectivity index (χ0) is 19.8. The van der Waals surface area contributed by atoms with Crippen molar-refractivity contribution >= 4 is 15.6 Å². The predicted molar refractivity (Wildman–Crippen MR) is 106 cm³/mol. The van der Waals surface area contributed by atoms with Gasteiger partial charge in [0.1, 0.15) is 5.25 Å². The summed E-state index contributed by atoms with van der Waals surface area (Å²) in [4.78, 5) is 13.3. The van der Waals surface area contributed by atoms with Crippen LogP contribution in [-0.4, -0.2) is 44.7 Å². The minimum atomic E-state index is -3.71. The van der Waals surface area contributed by atoms with Crippen LogP contribution in [0.2, 0.25) is 0 Å². The van der Waals surface area contributed by atoms with Gasteiger partial charge in [0.25, 0.3) is 0 Å². The maximum Gasteiger partial charge on any atom is 0.189 e. The molecule has 0 radical (unpaired) electrons. The molecular weight excluding hydrogens is 362 g/mol. The summed E-state index contributed by atoms with van der Waals surface area (Å²) in [7, 11) is -3.71. The van der Waals surface area contributed by atoms with E-state index in [-0.39, 0.29) is 40.7 Å². The Labute approximate surface area is 162 Å². The Morgan fingerprint density at radius 1 is 1.15 bits per heavy atom. The third kappa shape index (κ3) is 4.13. The third-order valence-corrected chi connectivity index (χ3v) is 7.95. The van der Waals surface area contributed by atoms with E-state index in [0.717, 1.165) is 18.4 Å². The van der Waals surface area contributed by atoms with Crippen LogP contribution >= 0.6 is 0 Å². The first-order valence-electron chi connectivity index (χ1n) is 9.87. The molecule has 0 aromatic heterocycles. The third-order valence-electron chi connectivity index (χ3n) is 5.88. The van der Waals surface area contributed by atoms with Crippen molar-refractivity contribution in [3.63, 3.8) is 0 Å². The molecule has 0 spiro atoms. The number of carbonyl (C=O) groups excluding carboxylic acids is 1. The standard InChI is InChI=1S/C21H31NO4S/c1-5-26-15-8-11-18-17(12-15)20(23)19(13-22-18)27(24,25)16-9-6-14(7-10-16)21(2,3)4/h6-7,9-10,15,17-19,22H,5,8,11-13H2,1-4H3. The van der Waals surface area contributed by atoms with Crippen LogP contribution in [0.5, 0.6) is 0 Å². The molecule has 1 heterocycles. The highest BCUT2D eigenvalue weighted by atomic mass is 32.2. The number of fused-ring (bicyclic) bond motifs is 1. The van der Waals surface area contributed by atoms with Crippen molar-refractivity contribution in [3.05, 3.63) is 29.8 Å². The average Bonchev–Trinajstić information content (AvgIpc) is 2.62. The maximum absolute atomic E-state index is 13.1. The summed E-state index contributed by atoms with van der Waals surface area (Å²) in [6, 6.07) is 7.05. The molecule has 1 aromatic carbocycles. The van der Waals surface area contributed by atoms with Crippen LogP contribution < -0.4 is 5.32 Å². The predicted octanol–water partition coefficient (Wildman–Crippen LogP) is 2.87. The zero-order valence-electron chi connectivity index (χ0n) is 16.7. The number of hydrogen-bond donors (Lipinski definition) is 1. The Morgan fingerprint density at radius 3 is 2.41 bits per heavy atom. The van der Waals surface area contributed by atoms with Crippen molar-refractivity contribution < 1.29 is 17.9 Å². The largest absolute Gasteiger partial charge is 0.378 e. The van der Waals surface area contributed by atoms with Gasteiger partial charge in [0.15, 0.2) is 15.6 Å². The maximum atomic E-state index is 13.1. The first kappa shape index (κ1) is 20.5. The fraction of sp³-hybridized carbons (Fsp3) is 0.667. The van der Waals surface area contributed by atoms with Gasteiger partial charge in [-0.3, -0.25) is 4.79 Å². The summed E-state index contributed by atoms with van der Waals surface area (Å²) >= 11 is 0. The van der Waals surface area contributed by atoms with Crippen LogP contribution in [0.4, 0.5) is 0 Å². The Balaban J connectivity index is 1.81. The number of benzene rings is 1. The Kier molecular flexibility index (Phi) is 5.80. The number of ketones is 1. The summed E-state index contributed by atoms with van der Waals surface area (Å²) < 4.78 is 32.0. The molecule has 2 fully saturated rings. The Morgan fingerprint density at radius 2 is 1.81 bits per heavy atom. The summed E-state index contributed by atoms with van der Waals surface area (Å²) in [5, 5.41) is 2.31. The van der Waals surface area contributed by atoms with Crippen LogP contribution in [0.25, 0.3) is 0 Å². The topological polar surface area (TPSA) is 72.5 Å². The quantitative estimate of drug-likeness (QED) is 0.852. The normalized spacial score (nSPS) is 29.4. The molecule has 5 nitrogen and oxygen atoms in total. The molecule has 1 aromatic rings. The minimum absolute atomic E-state index is 0.0475. The molecule has 150 valence electrons. The number of nitrogens with one attached hydrogen (secondary N) is 1. The lowest BCUT2D eigenvalue weighted by atomic mass is 9.77. The minimum Gasteiger partial charge on any atom is -0.378 e. The van der Waals surface area contributed by atoms with E-state index in [9.17, 15) is 13.2 Å². The monoisotopic (exact) mass is 393 g/mol. The van der Waals surface area contributed by atoms with Gasteiger partial charge in [-0.15, -0.1) is 0 Å². The van der Waals surface area contributed by atoms with Crippen molar-refractivity contribution in [1.82, 2.24) is 5.32 Å². The van der Waals surface area contributed by atoms with Gasteiger partial charge in [0, 0.05) is 25.1 Å². The van der Waals surface area contributed by atoms with Crippen molar-refractivity contribution in [2.24, 2.45) is 5.92 Å². The van der Waals surface area contributed by atoms with Gasteiger partial charge in [-0.25, -0.2) is 8.42 Å². The Bertz CT molecular complexity index is 779. The lowest BCUT2D eigenvalue weighted by Crippen LogP contribution is -2.58. The number of piperidine rings is 1. The molecule has 1 saturated heterocycles. The summed E-state index contributed by atoms with van der Waals surface area (Å²) in [5.74, 6) is -0.430. The molecule has 6 heteroatoms. The molecular formula is C21H31NO4S. The van der Waals surface area contributed by atoms with E-state index in [2.05, 4.69) is 26.1 Å². The molecule has 2 aliphatic rings. The molecule has 1 aliphatic carbocycles. The molecule has 4 atom stereocenters. The van der Waals surface area contributed by atoms with E-state index in [1.165, 1.54) is 0 Å². The second-order valence-corrected chi connectivity index (χ2v) is 10.9. The zero-order valence-corrected chi connectivity index (χ0v) is 17.5. The first-order chi connectivity index (χ1) is 12.6. The first-order valence-corrected chi connectivity index (χ1v) is 11.4. The summed E-state index contributed by atoms with van der Waals surface area (Å²) in [6.45, 7) is 9.02. The van der Waals surface area contributed by atoms with Crippen LogP contribution in [0.3, 0.4) is 0 Å². The van der Waals surface area contributed by atoms with Crippen LogP contribution in [0.15, 0.2) is 29.2 Å². The SMILES string of the molecule is CCOC1CCC2NCC(S(=O)(=O)c3ccc(C(C)(C)C)cc3)C(=O)C2C1. The highest BCUT2D eigenvalue weighted by Crippen LogP contribution is 2.34. The second kappa shape index (κ2) is 7.64. The van der Waals surface area contributed by atoms with Gasteiger partial charge in [0.2, 0.25) is 0 Å².